The average Bonchev–Trinajstić information content (AvgIpc) is 3.45. The van der Waals surface area contributed by atoms with E-state index in [2.05, 4.69) is 69.4 Å². The molecule has 0 aromatic rings. The van der Waals surface area contributed by atoms with Gasteiger partial charge in [-0.3, -0.25) is 14.4 Å². The fourth-order valence-corrected chi connectivity index (χ4v) is 10.6. The summed E-state index contributed by atoms with van der Waals surface area (Å²) in [5.74, 6) is -0.843. The maximum absolute atomic E-state index is 13.0. The highest BCUT2D eigenvalue weighted by atomic mass is 16.6. The Morgan fingerprint density at radius 3 is 0.772 bits per heavy atom. The molecule has 0 fully saturated rings. The average molecular weight is 1110 g/mol. The van der Waals surface area contributed by atoms with Gasteiger partial charge in [0.15, 0.2) is 6.10 Å². The van der Waals surface area contributed by atoms with Gasteiger partial charge < -0.3 is 14.2 Å². The van der Waals surface area contributed by atoms with Crippen LogP contribution in [0, 0.1) is 0 Å². The van der Waals surface area contributed by atoms with Gasteiger partial charge in [0.25, 0.3) is 0 Å². The molecule has 0 aliphatic heterocycles. The minimum absolute atomic E-state index is 0.0682. The van der Waals surface area contributed by atoms with E-state index in [-0.39, 0.29) is 31.1 Å². The van der Waals surface area contributed by atoms with Gasteiger partial charge >= 0.3 is 17.9 Å². The molecule has 0 bridgehead atoms. The molecule has 462 valence electrons. The molecule has 0 saturated carbocycles. The smallest absolute Gasteiger partial charge is 0.306 e. The Labute approximate surface area is 492 Å². The summed E-state index contributed by atoms with van der Waals surface area (Å²) in [7, 11) is 0. The Balaban J connectivity index is 4.29. The number of rotatable bonds is 65. The molecule has 6 heteroatoms. The van der Waals surface area contributed by atoms with E-state index in [1.807, 2.05) is 0 Å². The number of hydrogen-bond donors (Lipinski definition) is 0. The Bertz CT molecular complexity index is 1360. The highest BCUT2D eigenvalue weighted by Gasteiger charge is 2.19. The van der Waals surface area contributed by atoms with Crippen molar-refractivity contribution in [3.63, 3.8) is 0 Å². The van der Waals surface area contributed by atoms with Crippen molar-refractivity contribution in [3.8, 4) is 0 Å². The Morgan fingerprint density at radius 2 is 0.494 bits per heavy atom. The summed E-state index contributed by atoms with van der Waals surface area (Å²) in [6.07, 6.45) is 85.6. The number of carbonyl (C=O) groups is 3. The maximum atomic E-state index is 13.0. The highest BCUT2D eigenvalue weighted by molar-refractivity contribution is 5.71. The normalized spacial score (nSPS) is 12.3. The van der Waals surface area contributed by atoms with Gasteiger partial charge in [-0.15, -0.1) is 0 Å². The van der Waals surface area contributed by atoms with Gasteiger partial charge in [-0.1, -0.05) is 352 Å². The summed E-state index contributed by atoms with van der Waals surface area (Å²) in [4.78, 5) is 38.5. The number of unbranched alkanes of at least 4 members (excludes halogenated alkanes) is 46. The fourth-order valence-electron chi connectivity index (χ4n) is 10.6. The van der Waals surface area contributed by atoms with Gasteiger partial charge in [0.2, 0.25) is 0 Å². The molecule has 0 rings (SSSR count). The van der Waals surface area contributed by atoms with E-state index < -0.39 is 6.10 Å². The SMILES string of the molecule is CC/C=C\C/C=C\C/C=C\C/C=C\CCCCCCCCCCCCC(=O)OCC(COC(=O)CCCCCCCCCCCCCCCCC)OC(=O)CCCCCCCCCCCCCCCCCCCCCCCCC. The second-order valence-electron chi connectivity index (χ2n) is 23.8. The lowest BCUT2D eigenvalue weighted by atomic mass is 10.0. The third kappa shape index (κ3) is 66.1. The maximum Gasteiger partial charge on any atom is 0.306 e. The van der Waals surface area contributed by atoms with Crippen LogP contribution in [0.5, 0.6) is 0 Å². The van der Waals surface area contributed by atoms with E-state index in [9.17, 15) is 14.4 Å². The third-order valence-electron chi connectivity index (χ3n) is 15.8. The van der Waals surface area contributed by atoms with Gasteiger partial charge in [-0.05, 0) is 57.8 Å². The van der Waals surface area contributed by atoms with Crippen molar-refractivity contribution in [2.45, 2.75) is 386 Å². The molecule has 0 aromatic heterocycles. The summed E-state index contributed by atoms with van der Waals surface area (Å²) >= 11 is 0. The number of hydrogen-bond acceptors (Lipinski definition) is 6. The quantitative estimate of drug-likeness (QED) is 0.0261. The molecule has 0 heterocycles. The second kappa shape index (κ2) is 67.9. The molecule has 0 aromatic carbocycles. The first-order chi connectivity index (χ1) is 39.0. The number of esters is 3. The van der Waals surface area contributed by atoms with Crippen molar-refractivity contribution >= 4 is 17.9 Å². The Kier molecular flexibility index (Phi) is 65.6. The molecule has 0 amide bonds. The zero-order valence-electron chi connectivity index (χ0n) is 53.2. The van der Waals surface area contributed by atoms with Crippen molar-refractivity contribution in [3.05, 3.63) is 48.6 Å². The van der Waals surface area contributed by atoms with Crippen LogP contribution in [0.4, 0.5) is 0 Å². The molecule has 0 aliphatic carbocycles. The predicted octanol–water partition coefficient (Wildman–Crippen LogP) is 24.1. The van der Waals surface area contributed by atoms with Crippen LogP contribution in [0.15, 0.2) is 48.6 Å². The topological polar surface area (TPSA) is 78.9 Å². The first-order valence-corrected chi connectivity index (χ1v) is 35.1. The van der Waals surface area contributed by atoms with E-state index in [0.29, 0.717) is 19.3 Å². The summed E-state index contributed by atoms with van der Waals surface area (Å²) in [5.41, 5.74) is 0. The molecular formula is C73H134O6. The number of carbonyl (C=O) groups excluding carboxylic acids is 3. The van der Waals surface area contributed by atoms with Crippen LogP contribution in [0.1, 0.15) is 380 Å². The Hall–Kier alpha value is -2.63. The van der Waals surface area contributed by atoms with Crippen LogP contribution in [0.3, 0.4) is 0 Å². The molecule has 79 heavy (non-hydrogen) atoms. The van der Waals surface area contributed by atoms with Crippen LogP contribution in [-0.2, 0) is 28.6 Å². The lowest BCUT2D eigenvalue weighted by molar-refractivity contribution is -0.167. The van der Waals surface area contributed by atoms with Crippen LogP contribution < -0.4 is 0 Å². The molecule has 6 nitrogen and oxygen atoms in total. The molecule has 1 atom stereocenters. The summed E-state index contributed by atoms with van der Waals surface area (Å²) in [6, 6.07) is 0. The van der Waals surface area contributed by atoms with Crippen molar-refractivity contribution in [1.29, 1.82) is 0 Å². The van der Waals surface area contributed by atoms with Gasteiger partial charge in [-0.25, -0.2) is 0 Å². The van der Waals surface area contributed by atoms with Crippen molar-refractivity contribution in [2.75, 3.05) is 13.2 Å². The summed E-state index contributed by atoms with van der Waals surface area (Å²) in [6.45, 7) is 6.60. The highest BCUT2D eigenvalue weighted by Crippen LogP contribution is 2.19. The fraction of sp³-hybridized carbons (Fsp3) is 0.849. The molecular weight excluding hydrogens is 973 g/mol. The molecule has 0 aliphatic rings. The van der Waals surface area contributed by atoms with Gasteiger partial charge in [0.1, 0.15) is 13.2 Å². The van der Waals surface area contributed by atoms with Crippen molar-refractivity contribution < 1.29 is 28.6 Å². The first kappa shape index (κ1) is 76.4. The first-order valence-electron chi connectivity index (χ1n) is 35.1. The van der Waals surface area contributed by atoms with Crippen LogP contribution in [0.2, 0.25) is 0 Å². The second-order valence-corrected chi connectivity index (χ2v) is 23.8. The molecule has 0 radical (unpaired) electrons. The summed E-state index contributed by atoms with van der Waals surface area (Å²) in [5, 5.41) is 0. The van der Waals surface area contributed by atoms with E-state index in [4.69, 9.17) is 14.2 Å². The van der Waals surface area contributed by atoms with Gasteiger partial charge in [0, 0.05) is 19.3 Å². The van der Waals surface area contributed by atoms with E-state index in [0.717, 1.165) is 83.5 Å². The predicted molar refractivity (Wildman–Crippen MR) is 344 cm³/mol. The number of allylic oxidation sites excluding steroid dienone is 8. The lowest BCUT2D eigenvalue weighted by Gasteiger charge is -2.18. The van der Waals surface area contributed by atoms with Crippen molar-refractivity contribution in [1.82, 2.24) is 0 Å². The van der Waals surface area contributed by atoms with Gasteiger partial charge in [0.05, 0.1) is 0 Å². The molecule has 0 N–H and O–H groups in total. The van der Waals surface area contributed by atoms with E-state index in [1.54, 1.807) is 0 Å². The largest absolute Gasteiger partial charge is 0.462 e. The minimum Gasteiger partial charge on any atom is -0.462 e. The zero-order valence-corrected chi connectivity index (χ0v) is 53.2. The third-order valence-corrected chi connectivity index (χ3v) is 15.8. The number of ether oxygens (including phenoxy) is 3. The van der Waals surface area contributed by atoms with E-state index >= 15 is 0 Å². The van der Waals surface area contributed by atoms with Crippen LogP contribution in [0.25, 0.3) is 0 Å². The standard InChI is InChI=1S/C73H134O6/c1-4-7-10-13-16-19-22-25-28-30-32-34-36-38-40-42-45-48-51-54-57-60-63-66-72(75)78-69-70(68-77-71(74)65-62-59-56-53-50-47-44-27-24-21-18-15-12-9-6-3)79-73(76)67-64-61-58-55-52-49-46-43-41-39-37-35-33-31-29-26-23-20-17-14-11-8-5-2/h7,10,16,19,25,28,32,34,70H,4-6,8-9,11-15,17-18,20-24,26-27,29-31,33,35-69H2,1-3H3/b10-7-,19-16-,28-25-,34-32-. The van der Waals surface area contributed by atoms with Crippen molar-refractivity contribution in [2.24, 2.45) is 0 Å². The van der Waals surface area contributed by atoms with Gasteiger partial charge in [-0.2, -0.15) is 0 Å². The molecule has 1 unspecified atom stereocenters. The lowest BCUT2D eigenvalue weighted by Crippen LogP contribution is -2.30. The van der Waals surface area contributed by atoms with Crippen LogP contribution in [-0.4, -0.2) is 37.2 Å². The summed E-state index contributed by atoms with van der Waals surface area (Å²) < 4.78 is 17.0. The Morgan fingerprint density at radius 1 is 0.266 bits per heavy atom. The minimum atomic E-state index is -0.772. The van der Waals surface area contributed by atoms with E-state index in [1.165, 1.54) is 257 Å². The van der Waals surface area contributed by atoms with Crippen LogP contribution >= 0.6 is 0 Å². The monoisotopic (exact) mass is 1110 g/mol. The zero-order chi connectivity index (χ0) is 57.1. The molecule has 0 saturated heterocycles. The molecule has 0 spiro atoms.